The summed E-state index contributed by atoms with van der Waals surface area (Å²) in [6, 6.07) is 12.2. The van der Waals surface area contributed by atoms with Crippen molar-refractivity contribution < 1.29 is 67.8 Å². The molecule has 0 spiro atoms. The molecule has 0 amide bonds. The molecule has 0 radical (unpaired) electrons. The number of rotatable bonds is 11. The van der Waals surface area contributed by atoms with E-state index >= 15 is 0 Å². The first-order chi connectivity index (χ1) is 16.5. The maximum absolute atomic E-state index is 11.8. The molecule has 2 rings (SSSR count). The van der Waals surface area contributed by atoms with Gasteiger partial charge in [0.1, 0.15) is 35.8 Å². The zero-order valence-corrected chi connectivity index (χ0v) is 17.7. The van der Waals surface area contributed by atoms with Gasteiger partial charge in [0.05, 0.1) is 24.3 Å². The Kier molecular flexibility index (Phi) is 10.4. The van der Waals surface area contributed by atoms with E-state index in [-0.39, 0.29) is 22.6 Å². The fourth-order valence-corrected chi connectivity index (χ4v) is 2.17. The lowest BCUT2D eigenvalue weighted by Gasteiger charge is -2.07. The van der Waals surface area contributed by atoms with Crippen LogP contribution in [0.15, 0.2) is 48.5 Å². The van der Waals surface area contributed by atoms with Gasteiger partial charge in [-0.25, -0.2) is 29.0 Å². The van der Waals surface area contributed by atoms with Crippen LogP contribution in [-0.4, -0.2) is 51.7 Å². The largest absolute Gasteiger partial charge is 0.543 e. The van der Waals surface area contributed by atoms with Crippen LogP contribution < -0.4 is 9.47 Å². The Morgan fingerprint density at radius 1 is 0.588 bits per heavy atom. The number of methoxy groups -OCH3 is 2. The van der Waals surface area contributed by atoms with E-state index in [1.807, 2.05) is 0 Å². The number of para-hydroxylation sites is 2. The smallest absolute Gasteiger partial charge is 0.496 e. The van der Waals surface area contributed by atoms with Crippen molar-refractivity contribution in [2.45, 2.75) is 0 Å². The third-order valence-electron chi connectivity index (χ3n) is 3.60. The summed E-state index contributed by atoms with van der Waals surface area (Å²) in [4.78, 5) is 62.9. The molecule has 0 N–H and O–H groups in total. The Bertz CT molecular complexity index is 909. The molecule has 182 valence electrons. The van der Waals surface area contributed by atoms with Crippen LogP contribution in [-0.2, 0) is 39.1 Å². The average molecular weight is 482 g/mol. The van der Waals surface area contributed by atoms with Gasteiger partial charge in [0, 0.05) is 0 Å². The summed E-state index contributed by atoms with van der Waals surface area (Å²) in [5.74, 6) is -1.58. The van der Waals surface area contributed by atoms with E-state index < -0.39 is 37.5 Å². The first-order valence-electron chi connectivity index (χ1n) is 9.16. The highest BCUT2D eigenvalue weighted by Crippen LogP contribution is 2.19. The number of benzene rings is 2. The molecule has 0 aliphatic carbocycles. The molecular formula is C20H18O14. The van der Waals surface area contributed by atoms with E-state index in [1.54, 1.807) is 24.3 Å². The number of ether oxygens (including phenoxy) is 4. The molecule has 14 heteroatoms. The lowest BCUT2D eigenvalue weighted by molar-refractivity contribution is -0.453. The van der Waals surface area contributed by atoms with E-state index in [2.05, 4.69) is 39.1 Å². The number of carbonyl (C=O) groups excluding carboxylic acids is 4. The lowest BCUT2D eigenvalue weighted by atomic mass is 10.2. The summed E-state index contributed by atoms with van der Waals surface area (Å²) in [7, 11) is 2.69. The SMILES string of the molecule is COc1ccccc1C(=O)OOOC(=O)OCCOC(=O)OOOC(=O)c1ccccc1OC. The molecule has 0 aliphatic rings. The highest BCUT2D eigenvalue weighted by molar-refractivity contribution is 5.92. The van der Waals surface area contributed by atoms with Crippen LogP contribution in [0.4, 0.5) is 9.59 Å². The number of hydrogen-bond donors (Lipinski definition) is 0. The summed E-state index contributed by atoms with van der Waals surface area (Å²) in [5, 5.41) is 8.06. The van der Waals surface area contributed by atoms with Crippen LogP contribution in [0.5, 0.6) is 11.5 Å². The van der Waals surface area contributed by atoms with Gasteiger partial charge in [-0.1, -0.05) is 24.3 Å². The summed E-state index contributed by atoms with van der Waals surface area (Å²) >= 11 is 0. The van der Waals surface area contributed by atoms with Gasteiger partial charge in [-0.3, -0.25) is 9.78 Å². The highest BCUT2D eigenvalue weighted by atomic mass is 17.5. The van der Waals surface area contributed by atoms with E-state index in [9.17, 15) is 19.2 Å². The quantitative estimate of drug-likeness (QED) is 0.199. The fourth-order valence-electron chi connectivity index (χ4n) is 2.17. The molecule has 0 heterocycles. The van der Waals surface area contributed by atoms with E-state index in [0.717, 1.165) is 0 Å². The third-order valence-corrected chi connectivity index (χ3v) is 3.60. The molecule has 0 saturated heterocycles. The molecule has 0 atom stereocenters. The molecule has 0 bridgehead atoms. The average Bonchev–Trinajstić information content (AvgIpc) is 2.86. The summed E-state index contributed by atoms with van der Waals surface area (Å²) < 4.78 is 18.9. The first-order valence-corrected chi connectivity index (χ1v) is 9.16. The van der Waals surface area contributed by atoms with Crippen molar-refractivity contribution in [3.05, 3.63) is 59.7 Å². The molecule has 0 saturated carbocycles. The second-order valence-electron chi connectivity index (χ2n) is 5.64. The molecule has 2 aromatic carbocycles. The monoisotopic (exact) mass is 482 g/mol. The van der Waals surface area contributed by atoms with Crippen LogP contribution in [0.2, 0.25) is 0 Å². The van der Waals surface area contributed by atoms with E-state index in [4.69, 9.17) is 9.47 Å². The van der Waals surface area contributed by atoms with Gasteiger partial charge in [-0.15, -0.1) is 0 Å². The zero-order chi connectivity index (χ0) is 24.8. The van der Waals surface area contributed by atoms with Crippen LogP contribution in [0, 0.1) is 0 Å². The molecular weight excluding hydrogens is 464 g/mol. The van der Waals surface area contributed by atoms with Crippen molar-refractivity contribution in [2.75, 3.05) is 27.4 Å². The molecule has 14 nitrogen and oxygen atoms in total. The van der Waals surface area contributed by atoms with Crippen LogP contribution >= 0.6 is 0 Å². The van der Waals surface area contributed by atoms with Crippen LogP contribution in [0.25, 0.3) is 0 Å². The standard InChI is InChI=1S/C20H18O14/c1-25-15-9-5-3-7-13(15)17(21)29-33-31-19(23)27-11-12-28-20(24)32-34-30-18(22)14-8-4-6-10-16(14)26-2/h3-10H,11-12H2,1-2H3. The highest BCUT2D eigenvalue weighted by Gasteiger charge is 2.18. The van der Waals surface area contributed by atoms with E-state index in [0.29, 0.717) is 0 Å². The predicted molar refractivity (Wildman–Crippen MR) is 104 cm³/mol. The first kappa shape index (κ1) is 25.7. The molecule has 34 heavy (non-hydrogen) atoms. The van der Waals surface area contributed by atoms with Crippen molar-refractivity contribution in [3.63, 3.8) is 0 Å². The minimum atomic E-state index is -1.41. The van der Waals surface area contributed by atoms with Crippen molar-refractivity contribution in [1.82, 2.24) is 0 Å². The Hall–Kier alpha value is -4.56. The lowest BCUT2D eigenvalue weighted by Crippen LogP contribution is -2.17. The van der Waals surface area contributed by atoms with Gasteiger partial charge in [0.25, 0.3) is 0 Å². The molecule has 0 unspecified atom stereocenters. The molecule has 2 aromatic rings. The van der Waals surface area contributed by atoms with Crippen LogP contribution in [0.1, 0.15) is 20.7 Å². The Morgan fingerprint density at radius 2 is 0.971 bits per heavy atom. The molecule has 0 aromatic heterocycles. The van der Waals surface area contributed by atoms with Gasteiger partial charge in [-0.05, 0) is 24.3 Å². The third kappa shape index (κ3) is 8.18. The van der Waals surface area contributed by atoms with Crippen LogP contribution in [0.3, 0.4) is 0 Å². The second-order valence-corrected chi connectivity index (χ2v) is 5.64. The van der Waals surface area contributed by atoms with E-state index in [1.165, 1.54) is 38.5 Å². The normalized spacial score (nSPS) is 9.82. The Balaban J connectivity index is 1.56. The van der Waals surface area contributed by atoms with Crippen molar-refractivity contribution in [2.24, 2.45) is 0 Å². The number of hydrogen-bond acceptors (Lipinski definition) is 14. The number of carbonyl (C=O) groups is 4. The minimum absolute atomic E-state index is 0.0182. The Labute approximate surface area is 191 Å². The topological polar surface area (TPSA) is 161 Å². The second kappa shape index (κ2) is 13.8. The van der Waals surface area contributed by atoms with Gasteiger partial charge < -0.3 is 18.9 Å². The van der Waals surface area contributed by atoms with Gasteiger partial charge in [0.2, 0.25) is 0 Å². The maximum Gasteiger partial charge on any atom is 0.543 e. The van der Waals surface area contributed by atoms with Crippen molar-refractivity contribution in [1.29, 1.82) is 0 Å². The van der Waals surface area contributed by atoms with Gasteiger partial charge in [-0.2, -0.15) is 0 Å². The van der Waals surface area contributed by atoms with Gasteiger partial charge >= 0.3 is 24.2 Å². The zero-order valence-electron chi connectivity index (χ0n) is 17.7. The maximum atomic E-state index is 11.8. The summed E-state index contributed by atoms with van der Waals surface area (Å²) in [6.07, 6.45) is -2.82. The fraction of sp³-hybridized carbons (Fsp3) is 0.200. The summed E-state index contributed by atoms with van der Waals surface area (Å²) in [6.45, 7) is -1.00. The summed E-state index contributed by atoms with van der Waals surface area (Å²) in [5.41, 5.74) is 0.0365. The van der Waals surface area contributed by atoms with Gasteiger partial charge in [0.15, 0.2) is 0 Å². The minimum Gasteiger partial charge on any atom is -0.496 e. The molecule has 0 aliphatic heterocycles. The van der Waals surface area contributed by atoms with Crippen molar-refractivity contribution >= 4 is 24.2 Å². The molecule has 0 fully saturated rings. The Morgan fingerprint density at radius 3 is 1.35 bits per heavy atom. The van der Waals surface area contributed by atoms with Crippen molar-refractivity contribution in [3.8, 4) is 11.5 Å². The predicted octanol–water partition coefficient (Wildman–Crippen LogP) is 2.72.